The first kappa shape index (κ1) is 11.8. The van der Waals surface area contributed by atoms with Gasteiger partial charge in [0.2, 0.25) is 0 Å². The van der Waals surface area contributed by atoms with Crippen molar-refractivity contribution in [3.8, 4) is 0 Å². The molecule has 2 nitrogen and oxygen atoms in total. The van der Waals surface area contributed by atoms with Gasteiger partial charge in [-0.15, -0.1) is 11.8 Å². The monoisotopic (exact) mass is 236 g/mol. The van der Waals surface area contributed by atoms with Gasteiger partial charge in [0.1, 0.15) is 0 Å². The van der Waals surface area contributed by atoms with Crippen LogP contribution in [0.1, 0.15) is 12.8 Å². The number of likely N-dealkylation sites (tertiary alicyclic amines) is 1. The third-order valence-corrected chi connectivity index (χ3v) is 3.83. The van der Waals surface area contributed by atoms with E-state index in [4.69, 9.17) is 0 Å². The Hall–Kier alpha value is -0.670. The normalized spacial score (nSPS) is 22.0. The summed E-state index contributed by atoms with van der Waals surface area (Å²) >= 11 is 1.79. The minimum Gasteiger partial charge on any atom is -0.381 e. The van der Waals surface area contributed by atoms with Crippen LogP contribution in [-0.4, -0.2) is 37.3 Å². The van der Waals surface area contributed by atoms with Crippen LogP contribution in [0.15, 0.2) is 29.2 Å². The fourth-order valence-electron chi connectivity index (χ4n) is 2.21. The molecule has 2 rings (SSSR count). The summed E-state index contributed by atoms with van der Waals surface area (Å²) in [5.41, 5.74) is 1.25. The summed E-state index contributed by atoms with van der Waals surface area (Å²) in [6, 6.07) is 9.33. The van der Waals surface area contributed by atoms with Crippen molar-refractivity contribution in [1.29, 1.82) is 0 Å². The summed E-state index contributed by atoms with van der Waals surface area (Å²) < 4.78 is 0. The summed E-state index contributed by atoms with van der Waals surface area (Å²) in [6.07, 6.45) is 4.70. The quantitative estimate of drug-likeness (QED) is 0.812. The van der Waals surface area contributed by atoms with E-state index in [1.165, 1.54) is 30.0 Å². The molecule has 1 aliphatic rings. The van der Waals surface area contributed by atoms with Gasteiger partial charge in [-0.2, -0.15) is 0 Å². The fraction of sp³-hybridized carbons (Fsp3) is 0.538. The topological polar surface area (TPSA) is 15.3 Å². The number of nitrogens with zero attached hydrogens (tertiary/aromatic N) is 1. The highest BCUT2D eigenvalue weighted by atomic mass is 32.2. The van der Waals surface area contributed by atoms with Crippen molar-refractivity contribution in [3.63, 3.8) is 0 Å². The first-order valence-electron chi connectivity index (χ1n) is 5.87. The Morgan fingerprint density at radius 2 is 2.06 bits per heavy atom. The highest BCUT2D eigenvalue weighted by Crippen LogP contribution is 2.19. The maximum atomic E-state index is 3.61. The molecule has 1 heterocycles. The molecule has 1 atom stereocenters. The van der Waals surface area contributed by atoms with E-state index in [2.05, 4.69) is 47.8 Å². The van der Waals surface area contributed by atoms with Gasteiger partial charge < -0.3 is 10.2 Å². The van der Waals surface area contributed by atoms with Crippen molar-refractivity contribution in [1.82, 2.24) is 4.90 Å². The minimum atomic E-state index is 0.610. The standard InChI is InChI=1S/C13H20N2S/c1-15-9-3-4-12(10-15)14-11-5-7-13(16-2)8-6-11/h5-8,12,14H,3-4,9-10H2,1-2H3. The number of benzene rings is 1. The van der Waals surface area contributed by atoms with Crippen molar-refractivity contribution < 1.29 is 0 Å². The van der Waals surface area contributed by atoms with Crippen LogP contribution >= 0.6 is 11.8 Å². The number of anilines is 1. The van der Waals surface area contributed by atoms with E-state index in [0.717, 1.165) is 6.54 Å². The highest BCUT2D eigenvalue weighted by molar-refractivity contribution is 7.98. The van der Waals surface area contributed by atoms with Crippen molar-refractivity contribution in [2.75, 3.05) is 31.7 Å². The van der Waals surface area contributed by atoms with Gasteiger partial charge in [-0.3, -0.25) is 0 Å². The average Bonchev–Trinajstić information content (AvgIpc) is 2.30. The maximum Gasteiger partial charge on any atom is 0.0388 e. The maximum absolute atomic E-state index is 3.61. The minimum absolute atomic E-state index is 0.610. The molecule has 16 heavy (non-hydrogen) atoms. The third kappa shape index (κ3) is 3.16. The molecule has 1 saturated heterocycles. The van der Waals surface area contributed by atoms with Crippen molar-refractivity contribution >= 4 is 17.4 Å². The van der Waals surface area contributed by atoms with E-state index in [1.807, 2.05) is 0 Å². The first-order valence-corrected chi connectivity index (χ1v) is 7.09. The van der Waals surface area contributed by atoms with E-state index in [-0.39, 0.29) is 0 Å². The predicted molar refractivity (Wildman–Crippen MR) is 72.4 cm³/mol. The predicted octanol–water partition coefficient (Wildman–Crippen LogP) is 2.91. The third-order valence-electron chi connectivity index (χ3n) is 3.09. The van der Waals surface area contributed by atoms with E-state index in [0.29, 0.717) is 6.04 Å². The molecule has 1 unspecified atom stereocenters. The van der Waals surface area contributed by atoms with E-state index >= 15 is 0 Å². The molecule has 88 valence electrons. The highest BCUT2D eigenvalue weighted by Gasteiger charge is 2.16. The zero-order chi connectivity index (χ0) is 11.4. The van der Waals surface area contributed by atoms with Gasteiger partial charge in [0.25, 0.3) is 0 Å². The molecule has 1 aromatic carbocycles. The molecule has 0 amide bonds. The molecule has 0 spiro atoms. The molecule has 1 aromatic rings. The summed E-state index contributed by atoms with van der Waals surface area (Å²) in [5.74, 6) is 0. The number of rotatable bonds is 3. The van der Waals surface area contributed by atoms with Crippen LogP contribution in [-0.2, 0) is 0 Å². The van der Waals surface area contributed by atoms with Crippen LogP contribution in [0.3, 0.4) is 0 Å². The molecular formula is C13H20N2S. The lowest BCUT2D eigenvalue weighted by Gasteiger charge is -2.30. The molecule has 0 saturated carbocycles. The summed E-state index contributed by atoms with van der Waals surface area (Å²) in [6.45, 7) is 2.40. The van der Waals surface area contributed by atoms with Crippen molar-refractivity contribution in [2.24, 2.45) is 0 Å². The number of piperidine rings is 1. The Kier molecular flexibility index (Phi) is 4.13. The second-order valence-electron chi connectivity index (χ2n) is 4.47. The molecule has 3 heteroatoms. The molecule has 0 bridgehead atoms. The Balaban J connectivity index is 1.92. The van der Waals surface area contributed by atoms with E-state index in [9.17, 15) is 0 Å². The summed E-state index contributed by atoms with van der Waals surface area (Å²) in [7, 11) is 2.20. The van der Waals surface area contributed by atoms with Crippen LogP contribution in [0.2, 0.25) is 0 Å². The Morgan fingerprint density at radius 3 is 2.69 bits per heavy atom. The van der Waals surface area contributed by atoms with Crippen LogP contribution < -0.4 is 5.32 Å². The van der Waals surface area contributed by atoms with Gasteiger partial charge in [0.05, 0.1) is 0 Å². The van der Waals surface area contributed by atoms with E-state index < -0.39 is 0 Å². The van der Waals surface area contributed by atoms with Gasteiger partial charge >= 0.3 is 0 Å². The lowest BCUT2D eigenvalue weighted by molar-refractivity contribution is 0.261. The lowest BCUT2D eigenvalue weighted by Crippen LogP contribution is -2.39. The molecular weight excluding hydrogens is 216 g/mol. The summed E-state index contributed by atoms with van der Waals surface area (Å²) in [4.78, 5) is 3.73. The fourth-order valence-corrected chi connectivity index (χ4v) is 2.62. The Labute approximate surface area is 102 Å². The second kappa shape index (κ2) is 5.60. The van der Waals surface area contributed by atoms with Gasteiger partial charge in [0.15, 0.2) is 0 Å². The van der Waals surface area contributed by atoms with Crippen LogP contribution in [0.4, 0.5) is 5.69 Å². The first-order chi connectivity index (χ1) is 7.78. The molecule has 0 radical (unpaired) electrons. The number of likely N-dealkylation sites (N-methyl/N-ethyl adjacent to an activating group) is 1. The number of thioether (sulfide) groups is 1. The van der Waals surface area contributed by atoms with Crippen molar-refractivity contribution in [2.45, 2.75) is 23.8 Å². The molecule has 0 aromatic heterocycles. The van der Waals surface area contributed by atoms with Crippen molar-refractivity contribution in [3.05, 3.63) is 24.3 Å². The van der Waals surface area contributed by atoms with Gasteiger partial charge in [-0.1, -0.05) is 0 Å². The van der Waals surface area contributed by atoms with E-state index in [1.54, 1.807) is 11.8 Å². The molecule has 1 aliphatic heterocycles. The largest absolute Gasteiger partial charge is 0.381 e. The molecule has 0 aliphatic carbocycles. The Morgan fingerprint density at radius 1 is 1.31 bits per heavy atom. The average molecular weight is 236 g/mol. The summed E-state index contributed by atoms with van der Waals surface area (Å²) in [5, 5.41) is 3.61. The smallest absolute Gasteiger partial charge is 0.0388 e. The van der Waals surface area contributed by atoms with Gasteiger partial charge in [-0.05, 0) is 57.0 Å². The molecule has 1 fully saturated rings. The SMILES string of the molecule is CSc1ccc(NC2CCCN(C)C2)cc1. The Bertz CT molecular complexity index is 323. The number of hydrogen-bond acceptors (Lipinski definition) is 3. The van der Waals surface area contributed by atoms with Crippen LogP contribution in [0.25, 0.3) is 0 Å². The number of hydrogen-bond donors (Lipinski definition) is 1. The van der Waals surface area contributed by atoms with Crippen LogP contribution in [0, 0.1) is 0 Å². The molecule has 1 N–H and O–H groups in total. The zero-order valence-corrected chi connectivity index (χ0v) is 10.9. The number of nitrogens with one attached hydrogen (secondary N) is 1. The van der Waals surface area contributed by atoms with Gasteiger partial charge in [0, 0.05) is 23.2 Å². The lowest BCUT2D eigenvalue weighted by atomic mass is 10.1. The van der Waals surface area contributed by atoms with Crippen LogP contribution in [0.5, 0.6) is 0 Å². The zero-order valence-electron chi connectivity index (χ0n) is 10.1. The second-order valence-corrected chi connectivity index (χ2v) is 5.35. The van der Waals surface area contributed by atoms with Gasteiger partial charge in [-0.25, -0.2) is 0 Å².